The Balaban J connectivity index is 1.79. The van der Waals surface area contributed by atoms with Crippen LogP contribution in [0.3, 0.4) is 0 Å². The van der Waals surface area contributed by atoms with Gasteiger partial charge in [-0.05, 0) is 80.5 Å². The van der Waals surface area contributed by atoms with Crippen molar-refractivity contribution in [2.75, 3.05) is 13.2 Å². The van der Waals surface area contributed by atoms with Crippen molar-refractivity contribution in [2.24, 2.45) is 0 Å². The molecule has 31 heavy (non-hydrogen) atoms. The summed E-state index contributed by atoms with van der Waals surface area (Å²) >= 11 is 5.64. The van der Waals surface area contributed by atoms with Crippen LogP contribution in [-0.4, -0.2) is 38.7 Å². The molecule has 1 N–H and O–H groups in total. The monoisotopic (exact) mass is 434 g/mol. The predicted molar refractivity (Wildman–Crippen MR) is 124 cm³/mol. The molecule has 3 heterocycles. The summed E-state index contributed by atoms with van der Waals surface area (Å²) in [6.07, 6.45) is 3.81. The number of hydrogen-bond donors (Lipinski definition) is 1. The predicted octanol–water partition coefficient (Wildman–Crippen LogP) is 4.02. The highest BCUT2D eigenvalue weighted by molar-refractivity contribution is 7.80. The number of pyridine rings is 1. The molecule has 6 nitrogen and oxygen atoms in total. The number of ether oxygens (including phenoxy) is 1. The van der Waals surface area contributed by atoms with Crippen LogP contribution in [0, 0.1) is 13.8 Å². The van der Waals surface area contributed by atoms with E-state index in [1.54, 1.807) is 13.1 Å². The molecule has 7 heteroatoms. The molecule has 0 radical (unpaired) electrons. The van der Waals surface area contributed by atoms with Crippen LogP contribution in [0.25, 0.3) is 5.69 Å². The number of carbonyl (C=O) groups is 1. The van der Waals surface area contributed by atoms with Crippen molar-refractivity contribution < 1.29 is 9.53 Å². The zero-order chi connectivity index (χ0) is 22.0. The number of nitrogens with zero attached hydrogens (tertiary/aromatic N) is 3. The first kappa shape index (κ1) is 21.1. The Kier molecular flexibility index (Phi) is 6.04. The number of rotatable bonds is 6. The van der Waals surface area contributed by atoms with Gasteiger partial charge in [0.05, 0.1) is 24.4 Å². The minimum atomic E-state index is -0.303. The van der Waals surface area contributed by atoms with Gasteiger partial charge < -0.3 is 19.5 Å². The average molecular weight is 435 g/mol. The lowest BCUT2D eigenvalue weighted by Crippen LogP contribution is -2.36. The number of esters is 1. The summed E-state index contributed by atoms with van der Waals surface area (Å²) in [5, 5.41) is 3.89. The molecule has 4 rings (SSSR count). The molecule has 0 unspecified atom stereocenters. The Bertz CT molecular complexity index is 1100. The molecule has 0 aliphatic carbocycles. The van der Waals surface area contributed by atoms with Gasteiger partial charge >= 0.3 is 5.97 Å². The zero-order valence-corrected chi connectivity index (χ0v) is 18.7. The molecule has 2 atom stereocenters. The summed E-state index contributed by atoms with van der Waals surface area (Å²) in [7, 11) is 0. The second kappa shape index (κ2) is 8.89. The van der Waals surface area contributed by atoms with E-state index in [0.29, 0.717) is 11.7 Å². The van der Waals surface area contributed by atoms with Gasteiger partial charge in [-0.3, -0.25) is 9.78 Å². The third kappa shape index (κ3) is 4.18. The second-order valence-electron chi connectivity index (χ2n) is 7.63. The fourth-order valence-corrected chi connectivity index (χ4v) is 4.29. The van der Waals surface area contributed by atoms with Gasteiger partial charge in [-0.1, -0.05) is 12.1 Å². The van der Waals surface area contributed by atoms with Crippen molar-refractivity contribution in [1.82, 2.24) is 19.8 Å². The van der Waals surface area contributed by atoms with Crippen molar-refractivity contribution in [3.63, 3.8) is 0 Å². The van der Waals surface area contributed by atoms with Crippen LogP contribution >= 0.6 is 12.2 Å². The van der Waals surface area contributed by atoms with Gasteiger partial charge in [0.1, 0.15) is 6.54 Å². The molecule has 0 amide bonds. The van der Waals surface area contributed by atoms with Crippen molar-refractivity contribution in [3.8, 4) is 5.69 Å². The Morgan fingerprint density at radius 3 is 2.71 bits per heavy atom. The summed E-state index contributed by atoms with van der Waals surface area (Å²) in [6.45, 7) is 6.43. The normalized spacial score (nSPS) is 18.2. The highest BCUT2D eigenvalue weighted by Gasteiger charge is 2.42. The molecular weight excluding hydrogens is 408 g/mol. The molecule has 1 aromatic carbocycles. The van der Waals surface area contributed by atoms with E-state index in [0.717, 1.165) is 17.1 Å². The number of thiocarbonyl (C=S) groups is 1. The molecule has 1 aliphatic heterocycles. The van der Waals surface area contributed by atoms with Crippen LogP contribution in [-0.2, 0) is 9.53 Å². The third-order valence-electron chi connectivity index (χ3n) is 5.65. The van der Waals surface area contributed by atoms with Gasteiger partial charge in [-0.25, -0.2) is 0 Å². The van der Waals surface area contributed by atoms with Crippen molar-refractivity contribution in [1.29, 1.82) is 0 Å². The topological polar surface area (TPSA) is 59.4 Å². The minimum Gasteiger partial charge on any atom is -0.465 e. The van der Waals surface area contributed by atoms with E-state index in [-0.39, 0.29) is 24.6 Å². The average Bonchev–Trinajstić information content (AvgIpc) is 3.36. The molecule has 2 aromatic heterocycles. The molecule has 0 spiro atoms. The number of benzene rings is 1. The van der Waals surface area contributed by atoms with E-state index in [4.69, 9.17) is 17.0 Å². The van der Waals surface area contributed by atoms with Gasteiger partial charge in [0.25, 0.3) is 0 Å². The Labute approximate surface area is 187 Å². The first-order valence-electron chi connectivity index (χ1n) is 10.4. The van der Waals surface area contributed by atoms with Crippen LogP contribution < -0.4 is 5.32 Å². The van der Waals surface area contributed by atoms with Crippen LogP contribution in [0.4, 0.5) is 0 Å². The maximum atomic E-state index is 12.4. The van der Waals surface area contributed by atoms with Gasteiger partial charge in [-0.2, -0.15) is 0 Å². The van der Waals surface area contributed by atoms with Gasteiger partial charge in [0.15, 0.2) is 5.11 Å². The van der Waals surface area contributed by atoms with Crippen molar-refractivity contribution >= 4 is 23.3 Å². The van der Waals surface area contributed by atoms with Gasteiger partial charge in [0, 0.05) is 23.8 Å². The molecule has 1 fully saturated rings. The van der Waals surface area contributed by atoms with E-state index < -0.39 is 0 Å². The number of aryl methyl sites for hydroxylation is 2. The lowest BCUT2D eigenvalue weighted by Gasteiger charge is -2.28. The van der Waals surface area contributed by atoms with Gasteiger partial charge in [-0.15, -0.1) is 0 Å². The molecular formula is C24H26N4O2S. The van der Waals surface area contributed by atoms with E-state index in [2.05, 4.69) is 53.0 Å². The smallest absolute Gasteiger partial charge is 0.325 e. The van der Waals surface area contributed by atoms with E-state index in [1.807, 2.05) is 35.4 Å². The number of carbonyl (C=O) groups excluding carboxylic acids is 1. The molecule has 0 bridgehead atoms. The fourth-order valence-electron chi connectivity index (χ4n) is 3.99. The minimum absolute atomic E-state index is 0.0752. The maximum Gasteiger partial charge on any atom is 0.325 e. The van der Waals surface area contributed by atoms with Gasteiger partial charge in [0.2, 0.25) is 0 Å². The van der Waals surface area contributed by atoms with E-state index >= 15 is 0 Å². The van der Waals surface area contributed by atoms with E-state index in [1.165, 1.54) is 11.1 Å². The summed E-state index contributed by atoms with van der Waals surface area (Å²) in [5.41, 5.74) is 5.43. The molecule has 1 aliphatic rings. The summed E-state index contributed by atoms with van der Waals surface area (Å²) < 4.78 is 7.37. The quantitative estimate of drug-likeness (QED) is 0.467. The van der Waals surface area contributed by atoms with Crippen molar-refractivity contribution in [3.05, 3.63) is 83.4 Å². The number of nitrogens with one attached hydrogen (secondary N) is 1. The second-order valence-corrected chi connectivity index (χ2v) is 8.02. The number of hydrogen-bond acceptors (Lipinski definition) is 4. The molecule has 0 saturated carbocycles. The summed E-state index contributed by atoms with van der Waals surface area (Å²) in [5.74, 6) is -0.303. The molecule has 1 saturated heterocycles. The number of aromatic nitrogens is 2. The first-order chi connectivity index (χ1) is 15.0. The van der Waals surface area contributed by atoms with Crippen LogP contribution in [0.15, 0.2) is 60.9 Å². The largest absolute Gasteiger partial charge is 0.465 e. The lowest BCUT2D eigenvalue weighted by molar-refractivity contribution is -0.143. The first-order valence-corrected chi connectivity index (χ1v) is 10.8. The fraction of sp³-hybridized carbons (Fsp3) is 0.292. The summed E-state index contributed by atoms with van der Waals surface area (Å²) in [6, 6.07) is 15.9. The highest BCUT2D eigenvalue weighted by Crippen LogP contribution is 2.39. The van der Waals surface area contributed by atoms with Crippen LogP contribution in [0.5, 0.6) is 0 Å². The summed E-state index contributed by atoms with van der Waals surface area (Å²) in [4.78, 5) is 18.8. The standard InChI is InChI=1S/C24H26N4O2S/c1-4-30-21(29)15-28-23(22(26-24(28)31)19-8-5-6-12-25-19)20-9-7-13-27(20)18-11-10-16(2)17(3)14-18/h5-14,22-23H,4,15H2,1-3H3,(H,26,31)/t22-,23+/m1/s1. The van der Waals surface area contributed by atoms with Crippen LogP contribution in [0.1, 0.15) is 41.5 Å². The Morgan fingerprint density at radius 2 is 2.00 bits per heavy atom. The zero-order valence-electron chi connectivity index (χ0n) is 17.9. The molecule has 3 aromatic rings. The Hall–Kier alpha value is -3.19. The lowest BCUT2D eigenvalue weighted by atomic mass is 10.0. The third-order valence-corrected chi connectivity index (χ3v) is 6.01. The Morgan fingerprint density at radius 1 is 1.16 bits per heavy atom. The molecule has 160 valence electrons. The van der Waals surface area contributed by atoms with E-state index in [9.17, 15) is 4.79 Å². The van der Waals surface area contributed by atoms with Crippen LogP contribution in [0.2, 0.25) is 0 Å². The highest BCUT2D eigenvalue weighted by atomic mass is 32.1. The maximum absolute atomic E-state index is 12.4. The SMILES string of the molecule is CCOC(=O)CN1C(=S)N[C@H](c2ccccn2)[C@@H]1c1cccn1-c1ccc(C)c(C)c1. The van der Waals surface area contributed by atoms with Crippen molar-refractivity contribution in [2.45, 2.75) is 32.9 Å².